The minimum atomic E-state index is 0.0303. The molecule has 0 unspecified atom stereocenters. The highest BCUT2D eigenvalue weighted by molar-refractivity contribution is 7.99. The van der Waals surface area contributed by atoms with Crippen LogP contribution in [0.15, 0.2) is 59.5 Å². The Morgan fingerprint density at radius 1 is 0.628 bits per heavy atom. The Hall–Kier alpha value is -2.00. The van der Waals surface area contributed by atoms with Gasteiger partial charge >= 0.3 is 0 Å². The van der Waals surface area contributed by atoms with Crippen LogP contribution in [0.5, 0.6) is 5.75 Å². The Morgan fingerprint density at radius 2 is 1.14 bits per heavy atom. The van der Waals surface area contributed by atoms with E-state index in [1.165, 1.54) is 127 Å². The third kappa shape index (κ3) is 19.8. The average molecular weight is 607 g/mol. The highest BCUT2D eigenvalue weighted by Gasteiger charge is 2.03. The SMILES string of the molecule is CCCCCCCCCCCCCCCCCCCCCCOc1cccc(C=CC(=O)c2ccc(SCCC)cc2)c1. The Kier molecular flexibility index (Phi) is 22.8. The van der Waals surface area contributed by atoms with Crippen LogP contribution in [0.25, 0.3) is 6.08 Å². The molecule has 0 heterocycles. The topological polar surface area (TPSA) is 26.3 Å². The summed E-state index contributed by atoms with van der Waals surface area (Å²) in [6.07, 6.45) is 32.6. The van der Waals surface area contributed by atoms with Crippen molar-refractivity contribution in [2.75, 3.05) is 12.4 Å². The molecule has 0 atom stereocenters. The van der Waals surface area contributed by atoms with Crippen molar-refractivity contribution >= 4 is 23.6 Å². The Balaban J connectivity index is 1.42. The summed E-state index contributed by atoms with van der Waals surface area (Å²) in [6, 6.07) is 16.0. The Bertz CT molecular complexity index is 965. The number of rotatable bonds is 28. The number of hydrogen-bond donors (Lipinski definition) is 0. The number of carbonyl (C=O) groups excluding carboxylic acids is 1. The third-order valence-corrected chi connectivity index (χ3v) is 9.38. The summed E-state index contributed by atoms with van der Waals surface area (Å²) in [7, 11) is 0. The first-order valence-corrected chi connectivity index (χ1v) is 18.9. The fourth-order valence-corrected chi connectivity index (χ4v) is 6.23. The number of thioether (sulfide) groups is 1. The van der Waals surface area contributed by atoms with Crippen molar-refractivity contribution < 1.29 is 9.53 Å². The third-order valence-electron chi connectivity index (χ3n) is 8.16. The summed E-state index contributed by atoms with van der Waals surface area (Å²) in [5, 5.41) is 0. The second-order valence-corrected chi connectivity index (χ2v) is 13.4. The smallest absolute Gasteiger partial charge is 0.185 e. The molecule has 3 heteroatoms. The molecule has 2 aromatic carbocycles. The largest absolute Gasteiger partial charge is 0.494 e. The second kappa shape index (κ2) is 26.4. The molecule has 0 saturated heterocycles. The van der Waals surface area contributed by atoms with E-state index in [0.29, 0.717) is 0 Å². The fourth-order valence-electron chi connectivity index (χ4n) is 5.46. The Morgan fingerprint density at radius 3 is 1.65 bits per heavy atom. The molecule has 240 valence electrons. The van der Waals surface area contributed by atoms with Crippen LogP contribution in [0.3, 0.4) is 0 Å². The molecule has 0 bridgehead atoms. The number of ketones is 1. The van der Waals surface area contributed by atoms with Crippen molar-refractivity contribution in [2.24, 2.45) is 0 Å². The van der Waals surface area contributed by atoms with Crippen molar-refractivity contribution in [3.8, 4) is 5.75 Å². The van der Waals surface area contributed by atoms with Crippen molar-refractivity contribution in [2.45, 2.75) is 154 Å². The summed E-state index contributed by atoms with van der Waals surface area (Å²) in [5.74, 6) is 2.01. The molecule has 2 nitrogen and oxygen atoms in total. The van der Waals surface area contributed by atoms with E-state index in [0.717, 1.165) is 42.1 Å². The minimum Gasteiger partial charge on any atom is -0.494 e. The highest BCUT2D eigenvalue weighted by atomic mass is 32.2. The molecular weight excluding hydrogens is 545 g/mol. The van der Waals surface area contributed by atoms with Gasteiger partial charge in [0, 0.05) is 10.5 Å². The normalized spacial score (nSPS) is 11.4. The van der Waals surface area contributed by atoms with Gasteiger partial charge in [-0.25, -0.2) is 0 Å². The number of benzene rings is 2. The molecule has 0 spiro atoms. The lowest BCUT2D eigenvalue weighted by Gasteiger charge is -2.07. The van der Waals surface area contributed by atoms with E-state index < -0.39 is 0 Å². The van der Waals surface area contributed by atoms with Gasteiger partial charge in [-0.3, -0.25) is 4.79 Å². The highest BCUT2D eigenvalue weighted by Crippen LogP contribution is 2.20. The second-order valence-electron chi connectivity index (χ2n) is 12.2. The van der Waals surface area contributed by atoms with Crippen LogP contribution in [0.1, 0.15) is 165 Å². The lowest BCUT2D eigenvalue weighted by atomic mass is 10.0. The molecule has 0 fully saturated rings. The van der Waals surface area contributed by atoms with Gasteiger partial charge in [-0.05, 0) is 66.6 Å². The molecule has 2 aromatic rings. The zero-order valence-electron chi connectivity index (χ0n) is 27.8. The summed E-state index contributed by atoms with van der Waals surface area (Å²) in [6.45, 7) is 5.23. The standard InChI is InChI=1S/C40H62O2S/c1-3-5-6-7-8-9-10-11-12-13-14-15-16-17-18-19-20-21-22-23-33-42-38-26-24-25-36(35-38)27-32-40(41)37-28-30-39(31-29-37)43-34-4-2/h24-32,35H,3-23,33-34H2,1-2H3. The van der Waals surface area contributed by atoms with E-state index in [4.69, 9.17) is 4.74 Å². The van der Waals surface area contributed by atoms with Gasteiger partial charge in [0.25, 0.3) is 0 Å². The quantitative estimate of drug-likeness (QED) is 0.0417. The number of carbonyl (C=O) groups is 1. The van der Waals surface area contributed by atoms with E-state index in [2.05, 4.69) is 13.8 Å². The van der Waals surface area contributed by atoms with Gasteiger partial charge in [-0.1, -0.05) is 154 Å². The average Bonchev–Trinajstić information content (AvgIpc) is 3.03. The molecule has 0 amide bonds. The first-order chi connectivity index (χ1) is 21.2. The van der Waals surface area contributed by atoms with Crippen molar-refractivity contribution in [3.63, 3.8) is 0 Å². The van der Waals surface area contributed by atoms with Crippen LogP contribution < -0.4 is 4.74 Å². The van der Waals surface area contributed by atoms with E-state index in [1.807, 2.05) is 66.4 Å². The van der Waals surface area contributed by atoms with Gasteiger partial charge in [-0.15, -0.1) is 11.8 Å². The van der Waals surface area contributed by atoms with Crippen LogP contribution in [0.4, 0.5) is 0 Å². The van der Waals surface area contributed by atoms with Gasteiger partial charge < -0.3 is 4.74 Å². The van der Waals surface area contributed by atoms with Gasteiger partial charge in [0.2, 0.25) is 0 Å². The summed E-state index contributed by atoms with van der Waals surface area (Å²) in [5.41, 5.74) is 1.72. The number of ether oxygens (including phenoxy) is 1. The predicted octanol–water partition coefficient (Wildman–Crippen LogP) is 13.3. The number of unbranched alkanes of at least 4 members (excludes halogenated alkanes) is 19. The molecule has 0 N–H and O–H groups in total. The van der Waals surface area contributed by atoms with E-state index in [-0.39, 0.29) is 5.78 Å². The molecule has 0 radical (unpaired) electrons. The van der Waals surface area contributed by atoms with Crippen molar-refractivity contribution in [1.29, 1.82) is 0 Å². The molecule has 0 saturated carbocycles. The lowest BCUT2D eigenvalue weighted by molar-refractivity contribution is 0.104. The molecule has 43 heavy (non-hydrogen) atoms. The van der Waals surface area contributed by atoms with Gasteiger partial charge in [-0.2, -0.15) is 0 Å². The summed E-state index contributed by atoms with van der Waals surface area (Å²) >= 11 is 1.83. The van der Waals surface area contributed by atoms with Crippen molar-refractivity contribution in [1.82, 2.24) is 0 Å². The van der Waals surface area contributed by atoms with E-state index in [1.54, 1.807) is 6.08 Å². The maximum atomic E-state index is 12.6. The zero-order valence-corrected chi connectivity index (χ0v) is 28.6. The van der Waals surface area contributed by atoms with Crippen LogP contribution >= 0.6 is 11.8 Å². The van der Waals surface area contributed by atoms with Crippen LogP contribution in [0.2, 0.25) is 0 Å². The number of allylic oxidation sites excluding steroid dienone is 1. The maximum absolute atomic E-state index is 12.6. The van der Waals surface area contributed by atoms with E-state index in [9.17, 15) is 4.79 Å². The molecule has 0 aliphatic rings. The summed E-state index contributed by atoms with van der Waals surface area (Å²) < 4.78 is 6.00. The fraction of sp³-hybridized carbons (Fsp3) is 0.625. The van der Waals surface area contributed by atoms with Gasteiger partial charge in [0.15, 0.2) is 5.78 Å². The van der Waals surface area contributed by atoms with Crippen LogP contribution in [-0.4, -0.2) is 18.1 Å². The molecule has 0 aliphatic heterocycles. The zero-order chi connectivity index (χ0) is 30.6. The number of hydrogen-bond acceptors (Lipinski definition) is 3. The minimum absolute atomic E-state index is 0.0303. The van der Waals surface area contributed by atoms with Crippen LogP contribution in [-0.2, 0) is 0 Å². The van der Waals surface area contributed by atoms with Gasteiger partial charge in [0.05, 0.1) is 6.61 Å². The van der Waals surface area contributed by atoms with Crippen molar-refractivity contribution in [3.05, 3.63) is 65.7 Å². The first kappa shape index (κ1) is 37.2. The molecular formula is C40H62O2S. The lowest BCUT2D eigenvalue weighted by Crippen LogP contribution is -1.97. The molecule has 0 aliphatic carbocycles. The first-order valence-electron chi connectivity index (χ1n) is 17.9. The van der Waals surface area contributed by atoms with Gasteiger partial charge in [0.1, 0.15) is 5.75 Å². The maximum Gasteiger partial charge on any atom is 0.185 e. The Labute approximate surface area is 269 Å². The monoisotopic (exact) mass is 606 g/mol. The van der Waals surface area contributed by atoms with E-state index >= 15 is 0 Å². The molecule has 0 aromatic heterocycles. The predicted molar refractivity (Wildman–Crippen MR) is 191 cm³/mol. The van der Waals surface area contributed by atoms with Crippen LogP contribution in [0, 0.1) is 0 Å². The molecule has 2 rings (SSSR count). The summed E-state index contributed by atoms with van der Waals surface area (Å²) in [4.78, 5) is 13.8.